The van der Waals surface area contributed by atoms with Crippen molar-refractivity contribution in [2.75, 3.05) is 17.6 Å². The molecule has 5 nitrogen and oxygen atoms in total. The molecule has 0 aliphatic heterocycles. The highest BCUT2D eigenvalue weighted by atomic mass is 15.4. The van der Waals surface area contributed by atoms with Crippen molar-refractivity contribution in [3.63, 3.8) is 0 Å². The molecule has 0 fully saturated rings. The summed E-state index contributed by atoms with van der Waals surface area (Å²) in [6.07, 6.45) is 2.22. The summed E-state index contributed by atoms with van der Waals surface area (Å²) in [4.78, 5) is 4.07. The molecule has 0 atom stereocenters. The summed E-state index contributed by atoms with van der Waals surface area (Å²) >= 11 is 0. The molecule has 0 saturated heterocycles. The van der Waals surface area contributed by atoms with Gasteiger partial charge in [0.2, 0.25) is 11.9 Å². The first kappa shape index (κ1) is 9.83. The number of nitrogens with two attached hydrogens (primary N) is 1. The van der Waals surface area contributed by atoms with E-state index in [1.165, 1.54) is 0 Å². The Hall–Kier alpha value is -1.26. The number of unbranched alkanes of at least 4 members (excludes halogenated alkanes) is 1. The molecule has 1 rings (SSSR count). The highest BCUT2D eigenvalue weighted by Crippen LogP contribution is 2.05. The van der Waals surface area contributed by atoms with Gasteiger partial charge in [0.1, 0.15) is 0 Å². The largest absolute Gasteiger partial charge is 0.368 e. The van der Waals surface area contributed by atoms with Crippen LogP contribution in [0.5, 0.6) is 0 Å². The number of nitrogens with zero attached hydrogens (tertiary/aromatic N) is 3. The quantitative estimate of drug-likeness (QED) is 0.717. The summed E-state index contributed by atoms with van der Waals surface area (Å²) in [5.41, 5.74) is 5.66. The fourth-order valence-electron chi connectivity index (χ4n) is 1.06. The van der Waals surface area contributed by atoms with Crippen molar-refractivity contribution in [1.29, 1.82) is 0 Å². The van der Waals surface area contributed by atoms with Gasteiger partial charge in [0.15, 0.2) is 0 Å². The van der Waals surface area contributed by atoms with E-state index in [0.717, 1.165) is 25.9 Å². The Balaban J connectivity index is 2.60. The zero-order valence-corrected chi connectivity index (χ0v) is 8.25. The molecule has 0 unspecified atom stereocenters. The second-order valence-corrected chi connectivity index (χ2v) is 2.90. The zero-order chi connectivity index (χ0) is 9.68. The van der Waals surface area contributed by atoms with Crippen LogP contribution in [0.2, 0.25) is 0 Å². The van der Waals surface area contributed by atoms with E-state index in [1.807, 2.05) is 6.92 Å². The van der Waals surface area contributed by atoms with Crippen LogP contribution in [0.4, 0.5) is 11.9 Å². The minimum absolute atomic E-state index is 0.490. The van der Waals surface area contributed by atoms with Gasteiger partial charge in [-0.15, -0.1) is 5.10 Å². The fourth-order valence-corrected chi connectivity index (χ4v) is 1.06. The lowest BCUT2D eigenvalue weighted by Crippen LogP contribution is -2.05. The van der Waals surface area contributed by atoms with Crippen LogP contribution in [-0.2, 0) is 6.54 Å². The number of hydrogen-bond acceptors (Lipinski definition) is 4. The van der Waals surface area contributed by atoms with E-state index in [2.05, 4.69) is 22.3 Å². The average molecular weight is 183 g/mol. The van der Waals surface area contributed by atoms with Gasteiger partial charge < -0.3 is 11.1 Å². The molecule has 0 aliphatic rings. The van der Waals surface area contributed by atoms with E-state index < -0.39 is 0 Å². The molecule has 3 N–H and O–H groups in total. The number of anilines is 2. The average Bonchev–Trinajstić information content (AvgIpc) is 2.44. The van der Waals surface area contributed by atoms with Crippen LogP contribution in [0.3, 0.4) is 0 Å². The molecular weight excluding hydrogens is 166 g/mol. The lowest BCUT2D eigenvalue weighted by Gasteiger charge is -1.99. The van der Waals surface area contributed by atoms with Gasteiger partial charge in [-0.3, -0.25) is 0 Å². The van der Waals surface area contributed by atoms with E-state index in [4.69, 9.17) is 5.73 Å². The molecule has 0 aromatic carbocycles. The van der Waals surface area contributed by atoms with Crippen molar-refractivity contribution in [2.24, 2.45) is 0 Å². The molecule has 0 radical (unpaired) electrons. The van der Waals surface area contributed by atoms with E-state index in [9.17, 15) is 0 Å². The van der Waals surface area contributed by atoms with Crippen LogP contribution in [0.15, 0.2) is 0 Å². The SMILES string of the molecule is CCCCn1nc(NCC)nc1N. The number of aryl methyl sites for hydroxylation is 1. The van der Waals surface area contributed by atoms with Gasteiger partial charge in [-0.05, 0) is 13.3 Å². The summed E-state index contributed by atoms with van der Waals surface area (Å²) in [5.74, 6) is 1.11. The van der Waals surface area contributed by atoms with E-state index in [-0.39, 0.29) is 0 Å². The monoisotopic (exact) mass is 183 g/mol. The number of nitrogens with one attached hydrogen (secondary N) is 1. The Morgan fingerprint density at radius 2 is 2.23 bits per heavy atom. The van der Waals surface area contributed by atoms with Crippen molar-refractivity contribution in [3.05, 3.63) is 0 Å². The lowest BCUT2D eigenvalue weighted by atomic mass is 10.3. The number of aromatic nitrogens is 3. The minimum Gasteiger partial charge on any atom is -0.368 e. The molecule has 0 amide bonds. The maximum Gasteiger partial charge on any atom is 0.243 e. The second-order valence-electron chi connectivity index (χ2n) is 2.90. The lowest BCUT2D eigenvalue weighted by molar-refractivity contribution is 0.579. The fraction of sp³-hybridized carbons (Fsp3) is 0.750. The summed E-state index contributed by atoms with van der Waals surface area (Å²) < 4.78 is 1.74. The summed E-state index contributed by atoms with van der Waals surface area (Å²) in [7, 11) is 0. The van der Waals surface area contributed by atoms with Crippen LogP contribution in [0.25, 0.3) is 0 Å². The summed E-state index contributed by atoms with van der Waals surface area (Å²) in [6, 6.07) is 0. The standard InChI is InChI=1S/C8H17N5/c1-3-5-6-13-7(9)11-8(12-13)10-4-2/h3-6H2,1-2H3,(H3,9,10,11,12). The van der Waals surface area contributed by atoms with Gasteiger partial charge in [-0.1, -0.05) is 13.3 Å². The van der Waals surface area contributed by atoms with Crippen LogP contribution >= 0.6 is 0 Å². The van der Waals surface area contributed by atoms with Crippen molar-refractivity contribution in [2.45, 2.75) is 33.2 Å². The maximum atomic E-state index is 5.66. The van der Waals surface area contributed by atoms with Crippen molar-refractivity contribution >= 4 is 11.9 Å². The Morgan fingerprint density at radius 1 is 1.46 bits per heavy atom. The van der Waals surface area contributed by atoms with Gasteiger partial charge >= 0.3 is 0 Å². The smallest absolute Gasteiger partial charge is 0.243 e. The van der Waals surface area contributed by atoms with Gasteiger partial charge in [0.25, 0.3) is 0 Å². The minimum atomic E-state index is 0.490. The van der Waals surface area contributed by atoms with Crippen LogP contribution in [0.1, 0.15) is 26.7 Å². The summed E-state index contributed by atoms with van der Waals surface area (Å²) in [5, 5.41) is 7.23. The van der Waals surface area contributed by atoms with Gasteiger partial charge in [0.05, 0.1) is 0 Å². The van der Waals surface area contributed by atoms with Crippen molar-refractivity contribution in [3.8, 4) is 0 Å². The molecule has 74 valence electrons. The molecule has 0 spiro atoms. The molecular formula is C8H17N5. The number of nitrogen functional groups attached to an aromatic ring is 1. The predicted octanol–water partition coefficient (Wildman–Crippen LogP) is 1.09. The highest BCUT2D eigenvalue weighted by molar-refractivity contribution is 5.30. The Bertz CT molecular complexity index is 255. The Labute approximate surface area is 78.3 Å². The van der Waals surface area contributed by atoms with E-state index >= 15 is 0 Å². The first-order valence-corrected chi connectivity index (χ1v) is 4.72. The van der Waals surface area contributed by atoms with Crippen LogP contribution in [0, 0.1) is 0 Å². The van der Waals surface area contributed by atoms with Crippen molar-refractivity contribution in [1.82, 2.24) is 14.8 Å². The van der Waals surface area contributed by atoms with Gasteiger partial charge in [0, 0.05) is 13.1 Å². The second kappa shape index (κ2) is 4.69. The molecule has 5 heteroatoms. The molecule has 0 saturated carbocycles. The number of hydrogen-bond donors (Lipinski definition) is 2. The summed E-state index contributed by atoms with van der Waals surface area (Å²) in [6.45, 7) is 5.80. The normalized spacial score (nSPS) is 10.3. The third kappa shape index (κ3) is 2.61. The Kier molecular flexibility index (Phi) is 3.54. The molecule has 1 aromatic rings. The molecule has 1 heterocycles. The van der Waals surface area contributed by atoms with E-state index in [1.54, 1.807) is 4.68 Å². The van der Waals surface area contributed by atoms with Crippen molar-refractivity contribution < 1.29 is 0 Å². The first-order valence-electron chi connectivity index (χ1n) is 4.72. The Morgan fingerprint density at radius 3 is 2.85 bits per heavy atom. The van der Waals surface area contributed by atoms with E-state index in [0.29, 0.717) is 11.9 Å². The van der Waals surface area contributed by atoms with Gasteiger partial charge in [-0.25, -0.2) is 4.68 Å². The molecule has 13 heavy (non-hydrogen) atoms. The highest BCUT2D eigenvalue weighted by Gasteiger charge is 2.04. The van der Waals surface area contributed by atoms with Crippen LogP contribution < -0.4 is 11.1 Å². The van der Waals surface area contributed by atoms with Gasteiger partial charge in [-0.2, -0.15) is 4.98 Å². The third-order valence-corrected chi connectivity index (χ3v) is 1.76. The number of rotatable bonds is 5. The predicted molar refractivity (Wildman–Crippen MR) is 53.5 cm³/mol. The molecule has 0 bridgehead atoms. The molecule has 0 aliphatic carbocycles. The maximum absolute atomic E-state index is 5.66. The third-order valence-electron chi connectivity index (χ3n) is 1.76. The first-order chi connectivity index (χ1) is 6.27. The van der Waals surface area contributed by atoms with Crippen LogP contribution in [-0.4, -0.2) is 21.3 Å². The zero-order valence-electron chi connectivity index (χ0n) is 8.25. The molecule has 1 aromatic heterocycles. The topological polar surface area (TPSA) is 68.8 Å².